The summed E-state index contributed by atoms with van der Waals surface area (Å²) in [5, 5.41) is 8.16. The third-order valence-electron chi connectivity index (χ3n) is 3.31. The lowest BCUT2D eigenvalue weighted by Crippen LogP contribution is -2.24. The SMILES string of the molecule is Cc1cc(-c2cn(CC3COC(C)(C)O3)nn2)cnc1F. The van der Waals surface area contributed by atoms with Gasteiger partial charge < -0.3 is 9.47 Å². The van der Waals surface area contributed by atoms with Gasteiger partial charge in [-0.15, -0.1) is 5.10 Å². The highest BCUT2D eigenvalue weighted by atomic mass is 19.1. The van der Waals surface area contributed by atoms with Crippen LogP contribution in [0.25, 0.3) is 11.3 Å². The van der Waals surface area contributed by atoms with E-state index >= 15 is 0 Å². The molecular formula is C14H17FN4O2. The van der Waals surface area contributed by atoms with Crippen molar-refractivity contribution in [3.05, 3.63) is 30.0 Å². The quantitative estimate of drug-likeness (QED) is 0.809. The van der Waals surface area contributed by atoms with Crippen LogP contribution in [0.3, 0.4) is 0 Å². The Morgan fingerprint density at radius 1 is 1.48 bits per heavy atom. The molecule has 0 amide bonds. The second kappa shape index (κ2) is 5.16. The Morgan fingerprint density at radius 3 is 2.95 bits per heavy atom. The number of hydrogen-bond donors (Lipinski definition) is 0. The molecule has 0 spiro atoms. The number of halogens is 1. The van der Waals surface area contributed by atoms with Gasteiger partial charge in [0.1, 0.15) is 11.8 Å². The molecular weight excluding hydrogens is 275 g/mol. The zero-order valence-corrected chi connectivity index (χ0v) is 12.2. The first-order valence-electron chi connectivity index (χ1n) is 6.77. The Labute approximate surface area is 121 Å². The van der Waals surface area contributed by atoms with E-state index in [2.05, 4.69) is 15.3 Å². The van der Waals surface area contributed by atoms with Gasteiger partial charge in [-0.1, -0.05) is 5.21 Å². The van der Waals surface area contributed by atoms with Crippen molar-refractivity contribution in [2.45, 2.75) is 39.2 Å². The van der Waals surface area contributed by atoms with Crippen molar-refractivity contribution in [1.82, 2.24) is 20.0 Å². The zero-order valence-electron chi connectivity index (χ0n) is 12.2. The lowest BCUT2D eigenvalue weighted by Gasteiger charge is -2.16. The van der Waals surface area contributed by atoms with Crippen LogP contribution in [0.5, 0.6) is 0 Å². The number of aryl methyl sites for hydroxylation is 1. The monoisotopic (exact) mass is 292 g/mol. The van der Waals surface area contributed by atoms with E-state index in [9.17, 15) is 4.39 Å². The maximum absolute atomic E-state index is 13.2. The average molecular weight is 292 g/mol. The molecule has 0 radical (unpaired) electrons. The number of nitrogens with zero attached hydrogens (tertiary/aromatic N) is 4. The van der Waals surface area contributed by atoms with Crippen LogP contribution in [0.15, 0.2) is 18.5 Å². The number of pyridine rings is 1. The molecule has 1 unspecified atom stereocenters. The van der Waals surface area contributed by atoms with Crippen molar-refractivity contribution in [3.63, 3.8) is 0 Å². The largest absolute Gasteiger partial charge is 0.348 e. The van der Waals surface area contributed by atoms with Gasteiger partial charge in [-0.2, -0.15) is 4.39 Å². The summed E-state index contributed by atoms with van der Waals surface area (Å²) in [5.41, 5.74) is 1.88. The van der Waals surface area contributed by atoms with Crippen molar-refractivity contribution < 1.29 is 13.9 Å². The number of rotatable bonds is 3. The van der Waals surface area contributed by atoms with Crippen molar-refractivity contribution in [1.29, 1.82) is 0 Å². The number of aromatic nitrogens is 4. The third kappa shape index (κ3) is 3.08. The summed E-state index contributed by atoms with van der Waals surface area (Å²) >= 11 is 0. The first-order chi connectivity index (χ1) is 9.93. The van der Waals surface area contributed by atoms with Crippen molar-refractivity contribution in [3.8, 4) is 11.3 Å². The molecule has 0 aromatic carbocycles. The summed E-state index contributed by atoms with van der Waals surface area (Å²) in [4.78, 5) is 3.70. The second-order valence-electron chi connectivity index (χ2n) is 5.61. The summed E-state index contributed by atoms with van der Waals surface area (Å²) in [6.45, 7) is 6.52. The van der Waals surface area contributed by atoms with Gasteiger partial charge in [0.05, 0.1) is 19.3 Å². The lowest BCUT2D eigenvalue weighted by molar-refractivity contribution is -0.139. The highest BCUT2D eigenvalue weighted by molar-refractivity contribution is 5.57. The predicted octanol–water partition coefficient (Wildman–Crippen LogP) is 1.94. The van der Waals surface area contributed by atoms with E-state index in [1.807, 2.05) is 13.8 Å². The highest BCUT2D eigenvalue weighted by Crippen LogP contribution is 2.23. The smallest absolute Gasteiger partial charge is 0.215 e. The molecule has 1 aliphatic heterocycles. The minimum atomic E-state index is -0.550. The molecule has 1 fully saturated rings. The standard InChI is InChI=1S/C14H17FN4O2/c1-9-4-10(5-16-13(9)15)12-7-19(18-17-12)6-11-8-20-14(2,3)21-11/h4-5,7,11H,6,8H2,1-3H3. The van der Waals surface area contributed by atoms with E-state index in [0.29, 0.717) is 24.4 Å². The molecule has 0 bridgehead atoms. The lowest BCUT2D eigenvalue weighted by atomic mass is 10.2. The molecule has 0 N–H and O–H groups in total. The molecule has 1 atom stereocenters. The predicted molar refractivity (Wildman–Crippen MR) is 72.9 cm³/mol. The minimum absolute atomic E-state index is 0.0531. The van der Waals surface area contributed by atoms with Gasteiger partial charge >= 0.3 is 0 Å². The van der Waals surface area contributed by atoms with E-state index in [1.165, 1.54) is 6.20 Å². The Morgan fingerprint density at radius 2 is 2.29 bits per heavy atom. The van der Waals surface area contributed by atoms with Crippen LogP contribution in [0.4, 0.5) is 4.39 Å². The molecule has 7 heteroatoms. The summed E-state index contributed by atoms with van der Waals surface area (Å²) in [6.07, 6.45) is 3.19. The van der Waals surface area contributed by atoms with Crippen molar-refractivity contribution >= 4 is 0 Å². The van der Waals surface area contributed by atoms with E-state index in [4.69, 9.17) is 9.47 Å². The van der Waals surface area contributed by atoms with Crippen LogP contribution in [0.2, 0.25) is 0 Å². The first kappa shape index (κ1) is 14.1. The molecule has 1 aliphatic rings. The van der Waals surface area contributed by atoms with Crippen LogP contribution in [-0.2, 0) is 16.0 Å². The van der Waals surface area contributed by atoms with Gasteiger partial charge in [0.2, 0.25) is 5.95 Å². The molecule has 21 heavy (non-hydrogen) atoms. The minimum Gasteiger partial charge on any atom is -0.348 e. The fraction of sp³-hybridized carbons (Fsp3) is 0.500. The molecule has 2 aromatic rings. The second-order valence-corrected chi connectivity index (χ2v) is 5.61. The number of hydrogen-bond acceptors (Lipinski definition) is 5. The third-order valence-corrected chi connectivity index (χ3v) is 3.31. The maximum Gasteiger partial charge on any atom is 0.215 e. The molecule has 0 saturated carbocycles. The normalized spacial score (nSPS) is 20.9. The fourth-order valence-electron chi connectivity index (χ4n) is 2.28. The molecule has 2 aromatic heterocycles. The topological polar surface area (TPSA) is 62.1 Å². The highest BCUT2D eigenvalue weighted by Gasteiger charge is 2.32. The molecule has 0 aliphatic carbocycles. The average Bonchev–Trinajstić information content (AvgIpc) is 3.00. The van der Waals surface area contributed by atoms with E-state index in [-0.39, 0.29) is 6.10 Å². The molecule has 3 heterocycles. The Hall–Kier alpha value is -1.86. The van der Waals surface area contributed by atoms with Crippen LogP contribution >= 0.6 is 0 Å². The van der Waals surface area contributed by atoms with E-state index in [1.54, 1.807) is 23.9 Å². The van der Waals surface area contributed by atoms with Gasteiger partial charge in [0.25, 0.3) is 0 Å². The van der Waals surface area contributed by atoms with Gasteiger partial charge in [0, 0.05) is 17.3 Å². The maximum atomic E-state index is 13.2. The first-order valence-corrected chi connectivity index (χ1v) is 6.77. The summed E-state index contributed by atoms with van der Waals surface area (Å²) < 4.78 is 26.1. The number of ether oxygens (including phenoxy) is 2. The Balaban J connectivity index is 1.73. The van der Waals surface area contributed by atoms with Crippen molar-refractivity contribution in [2.24, 2.45) is 0 Å². The van der Waals surface area contributed by atoms with Crippen molar-refractivity contribution in [2.75, 3.05) is 6.61 Å². The Kier molecular flexibility index (Phi) is 3.46. The summed E-state index contributed by atoms with van der Waals surface area (Å²) in [7, 11) is 0. The van der Waals surface area contributed by atoms with Gasteiger partial charge in [0.15, 0.2) is 5.79 Å². The summed E-state index contributed by atoms with van der Waals surface area (Å²) in [6, 6.07) is 1.70. The Bertz CT molecular complexity index is 656. The van der Waals surface area contributed by atoms with Crippen LogP contribution in [0, 0.1) is 12.9 Å². The van der Waals surface area contributed by atoms with E-state index < -0.39 is 11.7 Å². The van der Waals surface area contributed by atoms with E-state index in [0.717, 1.165) is 5.56 Å². The van der Waals surface area contributed by atoms with Crippen LogP contribution < -0.4 is 0 Å². The van der Waals surface area contributed by atoms with Gasteiger partial charge in [-0.05, 0) is 26.8 Å². The zero-order chi connectivity index (χ0) is 15.0. The van der Waals surface area contributed by atoms with Crippen LogP contribution in [0.1, 0.15) is 19.4 Å². The summed E-state index contributed by atoms with van der Waals surface area (Å²) in [5.74, 6) is -1.02. The van der Waals surface area contributed by atoms with Crippen LogP contribution in [-0.4, -0.2) is 38.5 Å². The van der Waals surface area contributed by atoms with Gasteiger partial charge in [-0.25, -0.2) is 9.67 Å². The fourth-order valence-corrected chi connectivity index (χ4v) is 2.28. The molecule has 3 rings (SSSR count). The molecule has 6 nitrogen and oxygen atoms in total. The molecule has 1 saturated heterocycles. The molecule has 112 valence electrons. The van der Waals surface area contributed by atoms with Gasteiger partial charge in [-0.3, -0.25) is 0 Å².